The highest BCUT2D eigenvalue weighted by molar-refractivity contribution is 5.77. The minimum Gasteiger partial charge on any atom is -0.349 e. The van der Waals surface area contributed by atoms with Crippen molar-refractivity contribution in [2.75, 3.05) is 26.2 Å². The molecule has 0 spiro atoms. The first-order valence-electron chi connectivity index (χ1n) is 9.48. The van der Waals surface area contributed by atoms with E-state index in [2.05, 4.69) is 24.5 Å². The molecule has 0 radical (unpaired) electrons. The third kappa shape index (κ3) is 5.36. The van der Waals surface area contributed by atoms with Crippen molar-refractivity contribution in [1.29, 1.82) is 0 Å². The maximum absolute atomic E-state index is 12.4. The molecule has 6 heteroatoms. The third-order valence-corrected chi connectivity index (χ3v) is 5.30. The Balaban J connectivity index is 1.79. The number of nitrogens with two attached hydrogens (primary N) is 1. The van der Waals surface area contributed by atoms with Gasteiger partial charge in [0.25, 0.3) is 0 Å². The summed E-state index contributed by atoms with van der Waals surface area (Å²) < 4.78 is 0. The second kappa shape index (κ2) is 8.70. The van der Waals surface area contributed by atoms with Crippen molar-refractivity contribution in [3.63, 3.8) is 0 Å². The van der Waals surface area contributed by atoms with Gasteiger partial charge < -0.3 is 21.3 Å². The molecule has 0 aromatic rings. The summed E-state index contributed by atoms with van der Waals surface area (Å²) in [6, 6.07) is 0.00281. The van der Waals surface area contributed by atoms with Crippen LogP contribution in [0, 0.1) is 11.8 Å². The van der Waals surface area contributed by atoms with Gasteiger partial charge in [-0.15, -0.1) is 0 Å². The van der Waals surface area contributed by atoms with Crippen LogP contribution in [0.1, 0.15) is 58.8 Å². The summed E-state index contributed by atoms with van der Waals surface area (Å²) in [7, 11) is 0. The molecule has 3 amide bonds. The second-order valence-electron chi connectivity index (χ2n) is 7.98. The number of nitrogens with zero attached hydrogens (tertiary/aromatic N) is 1. The van der Waals surface area contributed by atoms with Crippen molar-refractivity contribution >= 4 is 11.9 Å². The van der Waals surface area contributed by atoms with Crippen molar-refractivity contribution < 1.29 is 9.59 Å². The van der Waals surface area contributed by atoms with E-state index in [0.717, 1.165) is 45.1 Å². The van der Waals surface area contributed by atoms with E-state index in [-0.39, 0.29) is 23.4 Å². The molecule has 24 heavy (non-hydrogen) atoms. The summed E-state index contributed by atoms with van der Waals surface area (Å²) in [5, 5.41) is 6.16. The lowest BCUT2D eigenvalue weighted by atomic mass is 9.92. The Morgan fingerprint density at radius 3 is 2.58 bits per heavy atom. The molecule has 1 aliphatic heterocycles. The Morgan fingerprint density at radius 2 is 1.96 bits per heavy atom. The molecule has 1 aliphatic carbocycles. The lowest BCUT2D eigenvalue weighted by Gasteiger charge is -2.34. The molecule has 2 fully saturated rings. The number of piperidine rings is 1. The van der Waals surface area contributed by atoms with Crippen LogP contribution in [0.5, 0.6) is 0 Å². The highest BCUT2D eigenvalue weighted by Gasteiger charge is 2.34. The molecule has 1 heterocycles. The number of urea groups is 1. The molecule has 2 aliphatic rings. The molecular formula is C18H34N4O2. The fourth-order valence-electron chi connectivity index (χ4n) is 3.86. The van der Waals surface area contributed by atoms with Crippen molar-refractivity contribution in [1.82, 2.24) is 15.5 Å². The Kier molecular flexibility index (Phi) is 6.90. The van der Waals surface area contributed by atoms with Crippen molar-refractivity contribution in [3.8, 4) is 0 Å². The number of carbonyl (C=O) groups is 2. The fraction of sp³-hybridized carbons (Fsp3) is 0.889. The highest BCUT2D eigenvalue weighted by atomic mass is 16.2. The van der Waals surface area contributed by atoms with Gasteiger partial charge >= 0.3 is 6.03 Å². The average Bonchev–Trinajstić information content (AvgIpc) is 3.01. The molecule has 1 saturated carbocycles. The molecule has 0 aromatic heterocycles. The maximum atomic E-state index is 12.4. The summed E-state index contributed by atoms with van der Waals surface area (Å²) in [6.07, 6.45) is 6.74. The molecule has 2 rings (SSSR count). The van der Waals surface area contributed by atoms with Gasteiger partial charge in [-0.1, -0.05) is 26.7 Å². The van der Waals surface area contributed by atoms with E-state index in [0.29, 0.717) is 32.0 Å². The van der Waals surface area contributed by atoms with Crippen LogP contribution in [-0.2, 0) is 4.79 Å². The van der Waals surface area contributed by atoms with Crippen LogP contribution < -0.4 is 16.4 Å². The van der Waals surface area contributed by atoms with Crippen LogP contribution >= 0.6 is 0 Å². The van der Waals surface area contributed by atoms with Gasteiger partial charge in [0.1, 0.15) is 0 Å². The van der Waals surface area contributed by atoms with Gasteiger partial charge in [-0.25, -0.2) is 4.79 Å². The quantitative estimate of drug-likeness (QED) is 0.690. The van der Waals surface area contributed by atoms with E-state index in [4.69, 9.17) is 5.73 Å². The van der Waals surface area contributed by atoms with Crippen LogP contribution in [0.15, 0.2) is 0 Å². The first-order chi connectivity index (χ1) is 11.4. The standard InChI is InChI=1S/C18H34N4O2/c1-14(2)11-20-17(24)22-9-5-6-15(12-22)10-16(23)21-18(13-19)7-3-4-8-18/h14-15H,3-13,19H2,1-2H3,(H,20,24)(H,21,23). The Bertz CT molecular complexity index is 433. The van der Waals surface area contributed by atoms with Gasteiger partial charge in [-0.2, -0.15) is 0 Å². The summed E-state index contributed by atoms with van der Waals surface area (Å²) in [5.41, 5.74) is 5.71. The zero-order chi connectivity index (χ0) is 17.6. The van der Waals surface area contributed by atoms with Crippen LogP contribution in [0.3, 0.4) is 0 Å². The van der Waals surface area contributed by atoms with Gasteiger partial charge in [-0.3, -0.25) is 4.79 Å². The SMILES string of the molecule is CC(C)CNC(=O)N1CCCC(CC(=O)NC2(CN)CCCC2)C1. The minimum atomic E-state index is -0.180. The third-order valence-electron chi connectivity index (χ3n) is 5.30. The number of likely N-dealkylation sites (tertiary alicyclic amines) is 1. The van der Waals surface area contributed by atoms with E-state index in [9.17, 15) is 9.59 Å². The molecule has 1 atom stereocenters. The number of carbonyl (C=O) groups excluding carboxylic acids is 2. The van der Waals surface area contributed by atoms with Gasteiger partial charge in [0, 0.05) is 32.6 Å². The van der Waals surface area contributed by atoms with Crippen LogP contribution in [0.2, 0.25) is 0 Å². The van der Waals surface area contributed by atoms with Gasteiger partial charge in [0.15, 0.2) is 0 Å². The van der Waals surface area contributed by atoms with Gasteiger partial charge in [0.05, 0.1) is 5.54 Å². The first-order valence-corrected chi connectivity index (χ1v) is 9.48. The molecule has 1 unspecified atom stereocenters. The molecule has 0 bridgehead atoms. The Hall–Kier alpha value is -1.30. The van der Waals surface area contributed by atoms with E-state index >= 15 is 0 Å². The summed E-state index contributed by atoms with van der Waals surface area (Å²) >= 11 is 0. The lowest BCUT2D eigenvalue weighted by molar-refractivity contribution is -0.124. The van der Waals surface area contributed by atoms with E-state index in [1.165, 1.54) is 0 Å². The number of rotatable bonds is 6. The smallest absolute Gasteiger partial charge is 0.317 e. The van der Waals surface area contributed by atoms with Gasteiger partial charge in [0.2, 0.25) is 5.91 Å². The fourth-order valence-corrected chi connectivity index (χ4v) is 3.86. The van der Waals surface area contributed by atoms with E-state index in [1.54, 1.807) is 0 Å². The van der Waals surface area contributed by atoms with Crippen LogP contribution in [0.4, 0.5) is 4.79 Å². The summed E-state index contributed by atoms with van der Waals surface area (Å²) in [4.78, 5) is 26.5. The Labute approximate surface area is 145 Å². The number of nitrogens with one attached hydrogen (secondary N) is 2. The van der Waals surface area contributed by atoms with Crippen molar-refractivity contribution in [2.45, 2.75) is 64.3 Å². The normalized spacial score (nSPS) is 23.3. The topological polar surface area (TPSA) is 87.5 Å². The van der Waals surface area contributed by atoms with Crippen LogP contribution in [-0.4, -0.2) is 48.6 Å². The number of amides is 3. The zero-order valence-corrected chi connectivity index (χ0v) is 15.3. The predicted molar refractivity (Wildman–Crippen MR) is 95.5 cm³/mol. The minimum absolute atomic E-state index is 0.00281. The van der Waals surface area contributed by atoms with E-state index in [1.807, 2.05) is 4.90 Å². The largest absolute Gasteiger partial charge is 0.349 e. The molecule has 1 saturated heterocycles. The van der Waals surface area contributed by atoms with Gasteiger partial charge in [-0.05, 0) is 37.5 Å². The van der Waals surface area contributed by atoms with Crippen molar-refractivity contribution in [2.24, 2.45) is 17.6 Å². The highest BCUT2D eigenvalue weighted by Crippen LogP contribution is 2.29. The molecule has 4 N–H and O–H groups in total. The molecule has 138 valence electrons. The molecular weight excluding hydrogens is 304 g/mol. The molecule has 0 aromatic carbocycles. The monoisotopic (exact) mass is 338 g/mol. The summed E-state index contributed by atoms with van der Waals surface area (Å²) in [5.74, 6) is 0.788. The average molecular weight is 338 g/mol. The summed E-state index contributed by atoms with van der Waals surface area (Å²) in [6.45, 7) is 6.84. The van der Waals surface area contributed by atoms with Crippen LogP contribution in [0.25, 0.3) is 0 Å². The zero-order valence-electron chi connectivity index (χ0n) is 15.3. The first kappa shape index (κ1) is 19.0. The maximum Gasteiger partial charge on any atom is 0.317 e. The number of hydrogen-bond donors (Lipinski definition) is 3. The lowest BCUT2D eigenvalue weighted by Crippen LogP contribution is -2.52. The number of hydrogen-bond acceptors (Lipinski definition) is 3. The van der Waals surface area contributed by atoms with E-state index < -0.39 is 0 Å². The van der Waals surface area contributed by atoms with Crippen molar-refractivity contribution in [3.05, 3.63) is 0 Å². The Morgan fingerprint density at radius 1 is 1.25 bits per heavy atom. The second-order valence-corrected chi connectivity index (χ2v) is 7.98. The predicted octanol–water partition coefficient (Wildman–Crippen LogP) is 1.84. The molecule has 6 nitrogen and oxygen atoms in total.